The zero-order valence-corrected chi connectivity index (χ0v) is 8.43. The minimum absolute atomic E-state index is 0.212. The van der Waals surface area contributed by atoms with E-state index in [1.807, 2.05) is 0 Å². The topological polar surface area (TPSA) is 38.4 Å². The van der Waals surface area contributed by atoms with Crippen LogP contribution in [0.25, 0.3) is 0 Å². The minimum atomic E-state index is -0.665. The van der Waals surface area contributed by atoms with Gasteiger partial charge in [-0.25, -0.2) is 13.8 Å². The Morgan fingerprint density at radius 1 is 1.40 bits per heavy atom. The first-order valence-corrected chi connectivity index (χ1v) is 4.88. The minimum Gasteiger partial charge on any atom is -0.387 e. The number of benzene rings is 1. The molecule has 2 nitrogen and oxygen atoms in total. The number of aryl methyl sites for hydroxylation is 1. The molecule has 0 aromatic heterocycles. The summed E-state index contributed by atoms with van der Waals surface area (Å²) in [5.41, 5.74) is 5.72. The van der Waals surface area contributed by atoms with Crippen molar-refractivity contribution in [1.29, 1.82) is 0 Å². The van der Waals surface area contributed by atoms with E-state index in [2.05, 4.69) is 4.99 Å². The van der Waals surface area contributed by atoms with Crippen molar-refractivity contribution < 1.29 is 8.78 Å². The maximum absolute atomic E-state index is 13.5. The molecule has 4 heteroatoms. The third-order valence-corrected chi connectivity index (χ3v) is 2.50. The van der Waals surface area contributed by atoms with Gasteiger partial charge in [-0.2, -0.15) is 0 Å². The summed E-state index contributed by atoms with van der Waals surface area (Å²) in [5.74, 6) is -0.747. The first kappa shape index (κ1) is 10.1. The molecule has 2 N–H and O–H groups in total. The summed E-state index contributed by atoms with van der Waals surface area (Å²) in [7, 11) is 0. The lowest BCUT2D eigenvalue weighted by atomic mass is 10.2. The molecule has 0 radical (unpaired) electrons. The number of rotatable bonds is 2. The average molecular weight is 210 g/mol. The van der Waals surface area contributed by atoms with Crippen LogP contribution in [0.5, 0.6) is 0 Å². The van der Waals surface area contributed by atoms with Gasteiger partial charge in [-0.05, 0) is 31.4 Å². The van der Waals surface area contributed by atoms with Crippen LogP contribution in [0.2, 0.25) is 0 Å². The fourth-order valence-corrected chi connectivity index (χ4v) is 1.34. The molecule has 0 bridgehead atoms. The Morgan fingerprint density at radius 2 is 2.07 bits per heavy atom. The molecule has 1 aromatic carbocycles. The summed E-state index contributed by atoms with van der Waals surface area (Å²) < 4.78 is 26.8. The van der Waals surface area contributed by atoms with Gasteiger partial charge in [0.2, 0.25) is 0 Å². The van der Waals surface area contributed by atoms with Gasteiger partial charge in [0, 0.05) is 5.92 Å². The molecule has 0 saturated heterocycles. The molecule has 1 aliphatic carbocycles. The smallest absolute Gasteiger partial charge is 0.154 e. The molecule has 15 heavy (non-hydrogen) atoms. The Labute approximate surface area is 86.8 Å². The van der Waals surface area contributed by atoms with E-state index in [1.54, 1.807) is 6.92 Å². The van der Waals surface area contributed by atoms with Crippen molar-refractivity contribution in [2.45, 2.75) is 19.8 Å². The van der Waals surface area contributed by atoms with Gasteiger partial charge in [0.15, 0.2) is 11.6 Å². The molecule has 0 amide bonds. The van der Waals surface area contributed by atoms with Crippen molar-refractivity contribution in [3.63, 3.8) is 0 Å². The summed E-state index contributed by atoms with van der Waals surface area (Å²) in [5, 5.41) is 0. The van der Waals surface area contributed by atoms with E-state index in [0.29, 0.717) is 11.4 Å². The zero-order chi connectivity index (χ0) is 11.0. The lowest BCUT2D eigenvalue weighted by Crippen LogP contribution is -2.13. The van der Waals surface area contributed by atoms with E-state index in [9.17, 15) is 8.78 Å². The predicted molar refractivity (Wildman–Crippen MR) is 55.1 cm³/mol. The number of amidine groups is 1. The van der Waals surface area contributed by atoms with Gasteiger partial charge in [0.05, 0.1) is 0 Å². The summed E-state index contributed by atoms with van der Waals surface area (Å²) in [4.78, 5) is 3.83. The molecule has 2 rings (SSSR count). The number of aliphatic imine (C=N–C) groups is 1. The summed E-state index contributed by atoms with van der Waals surface area (Å²) in [6, 6.07) is 2.59. The molecule has 0 spiro atoms. The first-order chi connectivity index (χ1) is 7.09. The van der Waals surface area contributed by atoms with Crippen LogP contribution in [0.3, 0.4) is 0 Å². The molecule has 0 aliphatic heterocycles. The highest BCUT2D eigenvalue weighted by Crippen LogP contribution is 2.32. The van der Waals surface area contributed by atoms with Crippen molar-refractivity contribution in [2.24, 2.45) is 16.6 Å². The van der Waals surface area contributed by atoms with Crippen LogP contribution in [0.15, 0.2) is 17.1 Å². The molecule has 1 aliphatic rings. The predicted octanol–water partition coefficient (Wildman–Crippen LogP) is 2.67. The summed E-state index contributed by atoms with van der Waals surface area (Å²) in [6.45, 7) is 1.57. The molecule has 0 heterocycles. The Kier molecular flexibility index (Phi) is 2.42. The van der Waals surface area contributed by atoms with Crippen LogP contribution in [-0.2, 0) is 0 Å². The second kappa shape index (κ2) is 3.61. The third-order valence-electron chi connectivity index (χ3n) is 2.50. The Bertz CT molecular complexity index is 423. The quantitative estimate of drug-likeness (QED) is 0.591. The second-order valence-corrected chi connectivity index (χ2v) is 3.84. The van der Waals surface area contributed by atoms with Gasteiger partial charge in [0.25, 0.3) is 0 Å². The van der Waals surface area contributed by atoms with Crippen LogP contribution >= 0.6 is 0 Å². The molecular formula is C11H12F2N2. The lowest BCUT2D eigenvalue weighted by Gasteiger charge is -2.03. The van der Waals surface area contributed by atoms with Crippen molar-refractivity contribution >= 4 is 11.5 Å². The van der Waals surface area contributed by atoms with E-state index in [4.69, 9.17) is 5.73 Å². The number of hydrogen-bond donors (Lipinski definition) is 1. The molecule has 0 atom stereocenters. The van der Waals surface area contributed by atoms with Gasteiger partial charge in [0.1, 0.15) is 11.5 Å². The van der Waals surface area contributed by atoms with Gasteiger partial charge in [-0.1, -0.05) is 6.07 Å². The summed E-state index contributed by atoms with van der Waals surface area (Å²) in [6.07, 6.45) is 1.93. The number of nitrogens with zero attached hydrogens (tertiary/aromatic N) is 1. The molecular weight excluding hydrogens is 198 g/mol. The third kappa shape index (κ3) is 1.98. The molecule has 0 unspecified atom stereocenters. The van der Waals surface area contributed by atoms with E-state index in [1.165, 1.54) is 12.1 Å². The van der Waals surface area contributed by atoms with Crippen LogP contribution in [0.1, 0.15) is 18.4 Å². The maximum Gasteiger partial charge on any atom is 0.154 e. The second-order valence-electron chi connectivity index (χ2n) is 3.84. The van der Waals surface area contributed by atoms with E-state index in [-0.39, 0.29) is 11.6 Å². The Balaban J connectivity index is 2.42. The van der Waals surface area contributed by atoms with Crippen molar-refractivity contribution in [3.8, 4) is 0 Å². The Hall–Kier alpha value is -1.45. The molecule has 80 valence electrons. The average Bonchev–Trinajstić information content (AvgIpc) is 3.02. The van der Waals surface area contributed by atoms with Crippen molar-refractivity contribution in [1.82, 2.24) is 0 Å². The van der Waals surface area contributed by atoms with Gasteiger partial charge < -0.3 is 5.73 Å². The highest BCUT2D eigenvalue weighted by Gasteiger charge is 2.26. The standard InChI is InChI=1S/C11H12F2N2/c1-6-2-5-8(12)10(9(6)13)15-11(14)7-3-4-7/h2,5,7H,3-4H2,1H3,(H2,14,15). The van der Waals surface area contributed by atoms with Crippen LogP contribution in [0.4, 0.5) is 14.5 Å². The van der Waals surface area contributed by atoms with Crippen molar-refractivity contribution in [3.05, 3.63) is 29.3 Å². The van der Waals surface area contributed by atoms with Gasteiger partial charge in [-0.3, -0.25) is 0 Å². The number of hydrogen-bond acceptors (Lipinski definition) is 1. The van der Waals surface area contributed by atoms with Crippen molar-refractivity contribution in [2.75, 3.05) is 0 Å². The monoisotopic (exact) mass is 210 g/mol. The van der Waals surface area contributed by atoms with Crippen LogP contribution < -0.4 is 5.73 Å². The molecule has 1 saturated carbocycles. The first-order valence-electron chi connectivity index (χ1n) is 4.88. The largest absolute Gasteiger partial charge is 0.387 e. The van der Waals surface area contributed by atoms with Crippen LogP contribution in [0, 0.1) is 24.5 Å². The summed E-state index contributed by atoms with van der Waals surface area (Å²) >= 11 is 0. The lowest BCUT2D eigenvalue weighted by molar-refractivity contribution is 0.581. The SMILES string of the molecule is Cc1ccc(F)c(N=C(N)C2CC2)c1F. The van der Waals surface area contributed by atoms with E-state index < -0.39 is 11.6 Å². The molecule has 1 aromatic rings. The van der Waals surface area contributed by atoms with E-state index >= 15 is 0 Å². The maximum atomic E-state index is 13.5. The fourth-order valence-electron chi connectivity index (χ4n) is 1.34. The number of halogens is 2. The zero-order valence-electron chi connectivity index (χ0n) is 8.43. The fraction of sp³-hybridized carbons (Fsp3) is 0.364. The van der Waals surface area contributed by atoms with Gasteiger partial charge in [-0.15, -0.1) is 0 Å². The van der Waals surface area contributed by atoms with Gasteiger partial charge >= 0.3 is 0 Å². The highest BCUT2D eigenvalue weighted by atomic mass is 19.1. The van der Waals surface area contributed by atoms with E-state index in [0.717, 1.165) is 12.8 Å². The highest BCUT2D eigenvalue weighted by molar-refractivity contribution is 5.87. The van der Waals surface area contributed by atoms with Crippen LogP contribution in [-0.4, -0.2) is 5.84 Å². The molecule has 1 fully saturated rings. The number of nitrogens with two attached hydrogens (primary N) is 1. The Morgan fingerprint density at radius 3 is 2.67 bits per heavy atom. The normalized spacial score (nSPS) is 16.9.